The van der Waals surface area contributed by atoms with Crippen molar-refractivity contribution in [3.8, 4) is 6.07 Å². The van der Waals surface area contributed by atoms with Crippen LogP contribution in [0.1, 0.15) is 48.6 Å². The van der Waals surface area contributed by atoms with Gasteiger partial charge in [-0.15, -0.1) is 11.8 Å². The van der Waals surface area contributed by atoms with E-state index in [4.69, 9.17) is 0 Å². The molecular weight excluding hydrogens is 342 g/mol. The predicted molar refractivity (Wildman–Crippen MR) is 107 cm³/mol. The van der Waals surface area contributed by atoms with Crippen LogP contribution >= 0.6 is 11.8 Å². The lowest BCUT2D eigenvalue weighted by atomic mass is 10.1. The van der Waals surface area contributed by atoms with Crippen molar-refractivity contribution in [2.45, 2.75) is 51.5 Å². The number of pyridine rings is 1. The monoisotopic (exact) mass is 367 g/mol. The van der Waals surface area contributed by atoms with Crippen LogP contribution in [0.5, 0.6) is 0 Å². The number of carbonyl (C=O) groups is 1. The molecule has 0 aliphatic carbocycles. The third-order valence-electron chi connectivity index (χ3n) is 4.18. The van der Waals surface area contributed by atoms with Crippen molar-refractivity contribution >= 4 is 23.4 Å². The number of anilines is 1. The van der Waals surface area contributed by atoms with Gasteiger partial charge in [-0.2, -0.15) is 5.26 Å². The molecule has 1 heterocycles. The predicted octanol–water partition coefficient (Wildman–Crippen LogP) is 5.03. The van der Waals surface area contributed by atoms with Gasteiger partial charge in [0.25, 0.3) is 0 Å². The zero-order chi connectivity index (χ0) is 18.9. The Kier molecular flexibility index (Phi) is 7.68. The molecule has 0 saturated carbocycles. The van der Waals surface area contributed by atoms with E-state index in [2.05, 4.69) is 23.3 Å². The number of nitrogens with one attached hydrogen (secondary N) is 1. The van der Waals surface area contributed by atoms with E-state index in [0.29, 0.717) is 17.7 Å². The van der Waals surface area contributed by atoms with E-state index < -0.39 is 0 Å². The number of rotatable bonds is 8. The van der Waals surface area contributed by atoms with Gasteiger partial charge >= 0.3 is 0 Å². The minimum atomic E-state index is -0.0265. The summed E-state index contributed by atoms with van der Waals surface area (Å²) >= 11 is 1.47. The van der Waals surface area contributed by atoms with E-state index in [1.165, 1.54) is 17.3 Å². The average molecular weight is 368 g/mol. The lowest BCUT2D eigenvalue weighted by molar-refractivity contribution is -0.115. The molecule has 0 radical (unpaired) electrons. The Balaban J connectivity index is 1.90. The minimum absolute atomic E-state index is 0.0265. The van der Waals surface area contributed by atoms with Crippen LogP contribution in [0.25, 0.3) is 0 Å². The van der Waals surface area contributed by atoms with E-state index in [0.717, 1.165) is 41.2 Å². The van der Waals surface area contributed by atoms with Gasteiger partial charge in [0, 0.05) is 23.6 Å². The van der Waals surface area contributed by atoms with Crippen molar-refractivity contribution in [1.82, 2.24) is 4.98 Å². The molecular formula is C21H25N3OS. The van der Waals surface area contributed by atoms with Gasteiger partial charge in [-0.25, -0.2) is 4.98 Å². The number of amides is 1. The standard InChI is InChI=1S/C21H25N3OS/c1-4-5-6-18-10-8-17(14-22)21(24-18)26-12-11-20(25)23-19-9-7-15(2)16(3)13-19/h7-10,13H,4-6,11-12H2,1-3H3,(H,23,25). The number of aromatic nitrogens is 1. The zero-order valence-corrected chi connectivity index (χ0v) is 16.4. The number of unbranched alkanes of at least 4 members (excludes halogenated alkanes) is 1. The summed E-state index contributed by atoms with van der Waals surface area (Å²) in [4.78, 5) is 16.7. The Morgan fingerprint density at radius 1 is 1.23 bits per heavy atom. The Hall–Kier alpha value is -2.32. The van der Waals surface area contributed by atoms with E-state index in [1.807, 2.05) is 44.2 Å². The van der Waals surface area contributed by atoms with Crippen molar-refractivity contribution in [2.24, 2.45) is 0 Å². The van der Waals surface area contributed by atoms with Gasteiger partial charge in [0.2, 0.25) is 5.91 Å². The molecule has 0 unspecified atom stereocenters. The van der Waals surface area contributed by atoms with Crippen LogP contribution < -0.4 is 5.32 Å². The van der Waals surface area contributed by atoms with Crippen LogP contribution in [0, 0.1) is 25.2 Å². The SMILES string of the molecule is CCCCc1ccc(C#N)c(SCCC(=O)Nc2ccc(C)c(C)c2)n1. The lowest BCUT2D eigenvalue weighted by Crippen LogP contribution is -2.12. The van der Waals surface area contributed by atoms with Crippen molar-refractivity contribution in [2.75, 3.05) is 11.1 Å². The van der Waals surface area contributed by atoms with E-state index >= 15 is 0 Å². The van der Waals surface area contributed by atoms with Crippen LogP contribution in [0.3, 0.4) is 0 Å². The van der Waals surface area contributed by atoms with Gasteiger partial charge in [-0.3, -0.25) is 4.79 Å². The average Bonchev–Trinajstić information content (AvgIpc) is 2.63. The van der Waals surface area contributed by atoms with Gasteiger partial charge in [-0.1, -0.05) is 19.4 Å². The molecule has 0 saturated heterocycles. The first-order chi connectivity index (χ1) is 12.5. The summed E-state index contributed by atoms with van der Waals surface area (Å²) in [5.74, 6) is 0.566. The quantitative estimate of drug-likeness (QED) is 0.664. The van der Waals surface area contributed by atoms with Gasteiger partial charge in [0.15, 0.2) is 0 Å². The van der Waals surface area contributed by atoms with Gasteiger partial charge in [-0.05, 0) is 62.1 Å². The molecule has 1 N–H and O–H groups in total. The van der Waals surface area contributed by atoms with Crippen LogP contribution in [0.2, 0.25) is 0 Å². The molecule has 0 spiro atoms. The summed E-state index contributed by atoms with van der Waals surface area (Å²) in [7, 11) is 0. The van der Waals surface area contributed by atoms with Crippen molar-refractivity contribution in [3.05, 3.63) is 52.7 Å². The molecule has 0 aliphatic rings. The second-order valence-electron chi connectivity index (χ2n) is 6.32. The molecule has 2 rings (SSSR count). The summed E-state index contributed by atoms with van der Waals surface area (Å²) in [6.07, 6.45) is 3.50. The zero-order valence-electron chi connectivity index (χ0n) is 15.6. The first kappa shape index (κ1) is 20.0. The van der Waals surface area contributed by atoms with Crippen molar-refractivity contribution in [1.29, 1.82) is 5.26 Å². The second-order valence-corrected chi connectivity index (χ2v) is 7.40. The van der Waals surface area contributed by atoms with Crippen molar-refractivity contribution in [3.63, 3.8) is 0 Å². The number of thioether (sulfide) groups is 1. The van der Waals surface area contributed by atoms with E-state index in [-0.39, 0.29) is 5.91 Å². The highest BCUT2D eigenvalue weighted by atomic mass is 32.2. The molecule has 5 heteroatoms. The molecule has 2 aromatic rings. The smallest absolute Gasteiger partial charge is 0.225 e. The van der Waals surface area contributed by atoms with E-state index in [1.54, 1.807) is 0 Å². The Morgan fingerprint density at radius 2 is 2.04 bits per heavy atom. The number of hydrogen-bond acceptors (Lipinski definition) is 4. The largest absolute Gasteiger partial charge is 0.326 e. The molecule has 0 fully saturated rings. The highest BCUT2D eigenvalue weighted by Crippen LogP contribution is 2.22. The molecule has 1 aromatic heterocycles. The summed E-state index contributed by atoms with van der Waals surface area (Å²) in [5.41, 5.74) is 4.76. The molecule has 4 nitrogen and oxygen atoms in total. The fourth-order valence-electron chi connectivity index (χ4n) is 2.45. The van der Waals surface area contributed by atoms with Crippen LogP contribution in [0.4, 0.5) is 5.69 Å². The van der Waals surface area contributed by atoms with E-state index in [9.17, 15) is 10.1 Å². The maximum absolute atomic E-state index is 12.2. The first-order valence-electron chi connectivity index (χ1n) is 8.93. The normalized spacial score (nSPS) is 10.4. The van der Waals surface area contributed by atoms with Crippen LogP contribution in [0.15, 0.2) is 35.4 Å². The van der Waals surface area contributed by atoms with Gasteiger partial charge < -0.3 is 5.32 Å². The van der Waals surface area contributed by atoms with Crippen LogP contribution in [-0.2, 0) is 11.2 Å². The molecule has 1 aromatic carbocycles. The topological polar surface area (TPSA) is 65.8 Å². The number of carbonyl (C=O) groups excluding carboxylic acids is 1. The molecule has 26 heavy (non-hydrogen) atoms. The number of aryl methyl sites for hydroxylation is 3. The Morgan fingerprint density at radius 3 is 2.73 bits per heavy atom. The fourth-order valence-corrected chi connectivity index (χ4v) is 3.39. The third-order valence-corrected chi connectivity index (χ3v) is 5.18. The maximum Gasteiger partial charge on any atom is 0.225 e. The second kappa shape index (κ2) is 9.98. The third kappa shape index (κ3) is 5.89. The van der Waals surface area contributed by atoms with Gasteiger partial charge in [0.1, 0.15) is 11.1 Å². The number of hydrogen-bond donors (Lipinski definition) is 1. The number of benzene rings is 1. The molecule has 0 aliphatic heterocycles. The highest BCUT2D eigenvalue weighted by molar-refractivity contribution is 7.99. The highest BCUT2D eigenvalue weighted by Gasteiger charge is 2.09. The summed E-state index contributed by atoms with van der Waals surface area (Å²) < 4.78 is 0. The molecule has 1 amide bonds. The Labute approximate surface area is 160 Å². The fraction of sp³-hybridized carbons (Fsp3) is 0.381. The minimum Gasteiger partial charge on any atom is -0.326 e. The summed E-state index contributed by atoms with van der Waals surface area (Å²) in [6.45, 7) is 6.22. The molecule has 136 valence electrons. The Bertz CT molecular complexity index is 811. The van der Waals surface area contributed by atoms with Gasteiger partial charge in [0.05, 0.1) is 5.56 Å². The molecule has 0 bridgehead atoms. The van der Waals surface area contributed by atoms with Crippen molar-refractivity contribution < 1.29 is 4.79 Å². The lowest BCUT2D eigenvalue weighted by Gasteiger charge is -2.08. The number of nitriles is 1. The molecule has 0 atom stereocenters. The van der Waals surface area contributed by atoms with Crippen LogP contribution in [-0.4, -0.2) is 16.6 Å². The number of nitrogens with zero attached hydrogens (tertiary/aromatic N) is 2. The first-order valence-corrected chi connectivity index (χ1v) is 9.92. The maximum atomic E-state index is 12.2. The summed E-state index contributed by atoms with van der Waals surface area (Å²) in [6, 6.07) is 11.8. The summed E-state index contributed by atoms with van der Waals surface area (Å²) in [5, 5.41) is 12.9.